The minimum Gasteiger partial charge on any atom is -0.310 e. The number of thiophene rings is 1. The van der Waals surface area contributed by atoms with Crippen molar-refractivity contribution in [3.63, 3.8) is 0 Å². The Hall–Kier alpha value is -0.780. The summed E-state index contributed by atoms with van der Waals surface area (Å²) in [6.07, 6.45) is 0.901. The number of rotatable bonds is 5. The summed E-state index contributed by atoms with van der Waals surface area (Å²) in [5.74, 6) is -1.07. The fraction of sp³-hybridized carbons (Fsp3) is 0.286. The van der Waals surface area contributed by atoms with Gasteiger partial charge < -0.3 is 5.32 Å². The molecule has 5 heteroatoms. The first-order chi connectivity index (χ1) is 9.04. The van der Waals surface area contributed by atoms with Gasteiger partial charge in [-0.05, 0) is 59.1 Å². The zero-order valence-electron chi connectivity index (χ0n) is 10.4. The van der Waals surface area contributed by atoms with E-state index in [1.807, 2.05) is 13.0 Å². The van der Waals surface area contributed by atoms with E-state index in [4.69, 9.17) is 0 Å². The SMILES string of the molecule is CC(NCCc1ccc(Br)s1)c1cc(F)cc(F)c1. The zero-order valence-corrected chi connectivity index (χ0v) is 12.8. The molecule has 0 aliphatic rings. The molecule has 1 heterocycles. The van der Waals surface area contributed by atoms with E-state index in [2.05, 4.69) is 27.3 Å². The van der Waals surface area contributed by atoms with Crippen molar-refractivity contribution < 1.29 is 8.78 Å². The van der Waals surface area contributed by atoms with E-state index in [0.717, 1.165) is 22.8 Å². The highest BCUT2D eigenvalue weighted by molar-refractivity contribution is 9.11. The Morgan fingerprint density at radius 3 is 2.47 bits per heavy atom. The summed E-state index contributed by atoms with van der Waals surface area (Å²) in [7, 11) is 0. The van der Waals surface area contributed by atoms with Gasteiger partial charge in [-0.15, -0.1) is 11.3 Å². The van der Waals surface area contributed by atoms with E-state index in [9.17, 15) is 8.78 Å². The molecule has 1 nitrogen and oxygen atoms in total. The van der Waals surface area contributed by atoms with Crippen LogP contribution in [-0.2, 0) is 6.42 Å². The van der Waals surface area contributed by atoms with Gasteiger partial charge in [0.1, 0.15) is 11.6 Å². The molecule has 0 saturated heterocycles. The third kappa shape index (κ3) is 4.37. The van der Waals surface area contributed by atoms with Crippen molar-refractivity contribution in [3.05, 3.63) is 56.2 Å². The van der Waals surface area contributed by atoms with Gasteiger partial charge in [-0.1, -0.05) is 0 Å². The molecule has 1 atom stereocenters. The third-order valence-corrected chi connectivity index (χ3v) is 4.52. The Bertz CT molecular complexity index is 536. The van der Waals surface area contributed by atoms with Crippen molar-refractivity contribution >= 4 is 27.3 Å². The Balaban J connectivity index is 1.88. The van der Waals surface area contributed by atoms with Gasteiger partial charge in [0.25, 0.3) is 0 Å². The lowest BCUT2D eigenvalue weighted by molar-refractivity contribution is 0.548. The molecule has 19 heavy (non-hydrogen) atoms. The van der Waals surface area contributed by atoms with Crippen LogP contribution in [0.4, 0.5) is 8.78 Å². The predicted octanol–water partition coefficient (Wildman–Crippen LogP) is 4.68. The average molecular weight is 346 g/mol. The fourth-order valence-corrected chi connectivity index (χ4v) is 3.32. The second kappa shape index (κ2) is 6.59. The van der Waals surface area contributed by atoms with Gasteiger partial charge in [0.05, 0.1) is 3.79 Å². The Labute approximate surface area is 123 Å². The number of hydrogen-bond acceptors (Lipinski definition) is 2. The fourth-order valence-electron chi connectivity index (χ4n) is 1.84. The average Bonchev–Trinajstić information content (AvgIpc) is 2.73. The van der Waals surface area contributed by atoms with Crippen LogP contribution in [0.3, 0.4) is 0 Å². The van der Waals surface area contributed by atoms with E-state index in [1.54, 1.807) is 11.3 Å². The monoisotopic (exact) mass is 345 g/mol. The van der Waals surface area contributed by atoms with Gasteiger partial charge in [-0.25, -0.2) is 8.78 Å². The molecular weight excluding hydrogens is 332 g/mol. The molecule has 0 aliphatic carbocycles. The lowest BCUT2D eigenvalue weighted by atomic mass is 10.1. The summed E-state index contributed by atoms with van der Waals surface area (Å²) in [6, 6.07) is 7.63. The highest BCUT2D eigenvalue weighted by Gasteiger charge is 2.08. The molecule has 1 N–H and O–H groups in total. The Morgan fingerprint density at radius 1 is 1.21 bits per heavy atom. The van der Waals surface area contributed by atoms with Gasteiger partial charge in [0, 0.05) is 23.5 Å². The van der Waals surface area contributed by atoms with Crippen molar-refractivity contribution in [1.82, 2.24) is 5.32 Å². The third-order valence-electron chi connectivity index (χ3n) is 2.84. The Kier molecular flexibility index (Phi) is 5.07. The lowest BCUT2D eigenvalue weighted by Gasteiger charge is -2.14. The van der Waals surface area contributed by atoms with Crippen molar-refractivity contribution in [2.75, 3.05) is 6.54 Å². The van der Waals surface area contributed by atoms with E-state index in [-0.39, 0.29) is 6.04 Å². The van der Waals surface area contributed by atoms with Crippen LogP contribution in [0.1, 0.15) is 23.4 Å². The molecule has 0 amide bonds. The molecule has 0 aliphatic heterocycles. The quantitative estimate of drug-likeness (QED) is 0.829. The maximum absolute atomic E-state index is 13.1. The highest BCUT2D eigenvalue weighted by atomic mass is 79.9. The molecule has 2 rings (SSSR count). The standard InChI is InChI=1S/C14H14BrF2NS/c1-9(10-6-11(16)8-12(17)7-10)18-5-4-13-2-3-14(15)19-13/h2-3,6-9,18H,4-5H2,1H3. The molecule has 1 unspecified atom stereocenters. The maximum Gasteiger partial charge on any atom is 0.126 e. The molecule has 0 spiro atoms. The first-order valence-corrected chi connectivity index (χ1v) is 7.59. The first-order valence-electron chi connectivity index (χ1n) is 5.98. The number of hydrogen-bond donors (Lipinski definition) is 1. The molecule has 0 fully saturated rings. The summed E-state index contributed by atoms with van der Waals surface area (Å²) in [4.78, 5) is 1.27. The van der Waals surface area contributed by atoms with Crippen molar-refractivity contribution in [3.8, 4) is 0 Å². The van der Waals surface area contributed by atoms with Crippen LogP contribution in [0.5, 0.6) is 0 Å². The second-order valence-corrected chi connectivity index (χ2v) is 6.88. The molecule has 1 aromatic heterocycles. The maximum atomic E-state index is 13.1. The van der Waals surface area contributed by atoms with Crippen LogP contribution in [0.2, 0.25) is 0 Å². The van der Waals surface area contributed by atoms with Crippen LogP contribution < -0.4 is 5.32 Å². The molecule has 102 valence electrons. The normalized spacial score (nSPS) is 12.6. The van der Waals surface area contributed by atoms with Crippen LogP contribution in [0, 0.1) is 11.6 Å². The molecule has 0 saturated carbocycles. The second-order valence-electron chi connectivity index (χ2n) is 4.33. The lowest BCUT2D eigenvalue weighted by Crippen LogP contribution is -2.21. The summed E-state index contributed by atoms with van der Waals surface area (Å²) in [5.41, 5.74) is 0.630. The van der Waals surface area contributed by atoms with E-state index in [0.29, 0.717) is 5.56 Å². The van der Waals surface area contributed by atoms with Crippen molar-refractivity contribution in [2.24, 2.45) is 0 Å². The summed E-state index contributed by atoms with van der Waals surface area (Å²) >= 11 is 5.12. The molecule has 2 aromatic rings. The summed E-state index contributed by atoms with van der Waals surface area (Å²) < 4.78 is 27.3. The minimum absolute atomic E-state index is 0.0754. The van der Waals surface area contributed by atoms with Crippen molar-refractivity contribution in [1.29, 1.82) is 0 Å². The van der Waals surface area contributed by atoms with Crippen LogP contribution in [-0.4, -0.2) is 6.54 Å². The first kappa shape index (κ1) is 14.6. The van der Waals surface area contributed by atoms with E-state index < -0.39 is 11.6 Å². The van der Waals surface area contributed by atoms with Gasteiger partial charge >= 0.3 is 0 Å². The molecule has 0 radical (unpaired) electrons. The van der Waals surface area contributed by atoms with Crippen LogP contribution in [0.25, 0.3) is 0 Å². The largest absolute Gasteiger partial charge is 0.310 e. The van der Waals surface area contributed by atoms with Gasteiger partial charge in [-0.3, -0.25) is 0 Å². The predicted molar refractivity (Wildman–Crippen MR) is 78.5 cm³/mol. The molecular formula is C14H14BrF2NS. The van der Waals surface area contributed by atoms with Gasteiger partial charge in [0.15, 0.2) is 0 Å². The highest BCUT2D eigenvalue weighted by Crippen LogP contribution is 2.22. The summed E-state index contributed by atoms with van der Waals surface area (Å²) in [6.45, 7) is 2.67. The smallest absolute Gasteiger partial charge is 0.126 e. The van der Waals surface area contributed by atoms with Gasteiger partial charge in [0.2, 0.25) is 0 Å². The van der Waals surface area contributed by atoms with E-state index >= 15 is 0 Å². The van der Waals surface area contributed by atoms with Crippen LogP contribution >= 0.6 is 27.3 Å². The topological polar surface area (TPSA) is 12.0 Å². The van der Waals surface area contributed by atoms with Crippen LogP contribution in [0.15, 0.2) is 34.1 Å². The molecule has 0 bridgehead atoms. The number of benzene rings is 1. The van der Waals surface area contributed by atoms with E-state index in [1.165, 1.54) is 17.0 Å². The number of nitrogens with one attached hydrogen (secondary N) is 1. The van der Waals surface area contributed by atoms with Crippen molar-refractivity contribution in [2.45, 2.75) is 19.4 Å². The Morgan fingerprint density at radius 2 is 1.89 bits per heavy atom. The van der Waals surface area contributed by atoms with Gasteiger partial charge in [-0.2, -0.15) is 0 Å². The summed E-state index contributed by atoms with van der Waals surface area (Å²) in [5, 5.41) is 3.27. The molecule has 1 aromatic carbocycles. The minimum atomic E-state index is -0.536. The zero-order chi connectivity index (χ0) is 13.8. The number of halogens is 3.